The van der Waals surface area contributed by atoms with Crippen molar-refractivity contribution in [3.8, 4) is 5.69 Å². The molecule has 1 aliphatic carbocycles. The van der Waals surface area contributed by atoms with Gasteiger partial charge in [-0.05, 0) is 37.8 Å². The number of amides is 2. The standard InChI is InChI=1S/C17H22FN5O/c1-11(12-4-5-12)19-17(24)20-16-8-9-23(21-16)13-6-7-15(22(2)3)14(18)10-13/h6-12H,4-5H2,1-3H3,(H2,19,20,21,24)/t11-/m0/s1. The highest BCUT2D eigenvalue weighted by atomic mass is 19.1. The van der Waals surface area contributed by atoms with E-state index in [0.29, 0.717) is 23.1 Å². The van der Waals surface area contributed by atoms with Crippen LogP contribution in [0.2, 0.25) is 0 Å². The van der Waals surface area contributed by atoms with Crippen LogP contribution in [0.3, 0.4) is 0 Å². The summed E-state index contributed by atoms with van der Waals surface area (Å²) in [6, 6.07) is 6.47. The fourth-order valence-electron chi connectivity index (χ4n) is 2.61. The molecule has 2 N–H and O–H groups in total. The fourth-order valence-corrected chi connectivity index (χ4v) is 2.61. The average Bonchev–Trinajstić information content (AvgIpc) is 3.27. The van der Waals surface area contributed by atoms with Gasteiger partial charge in [0.05, 0.1) is 11.4 Å². The molecule has 0 spiro atoms. The second-order valence-corrected chi connectivity index (χ2v) is 6.40. The molecule has 2 amide bonds. The third kappa shape index (κ3) is 3.67. The molecule has 6 nitrogen and oxygen atoms in total. The smallest absolute Gasteiger partial charge is 0.320 e. The van der Waals surface area contributed by atoms with E-state index in [0.717, 1.165) is 0 Å². The molecule has 128 valence electrons. The molecule has 0 saturated heterocycles. The Bertz CT molecular complexity index is 738. The van der Waals surface area contributed by atoms with Crippen molar-refractivity contribution in [1.82, 2.24) is 15.1 Å². The summed E-state index contributed by atoms with van der Waals surface area (Å²) in [5, 5.41) is 9.88. The van der Waals surface area contributed by atoms with Crippen LogP contribution in [0.5, 0.6) is 0 Å². The molecule has 0 bridgehead atoms. The van der Waals surface area contributed by atoms with Gasteiger partial charge in [0.1, 0.15) is 5.82 Å². The van der Waals surface area contributed by atoms with Crippen molar-refractivity contribution in [3.05, 3.63) is 36.3 Å². The Labute approximate surface area is 140 Å². The normalized spacial score (nSPS) is 15.0. The Morgan fingerprint density at radius 1 is 1.38 bits per heavy atom. The van der Waals surface area contributed by atoms with Crippen molar-refractivity contribution < 1.29 is 9.18 Å². The van der Waals surface area contributed by atoms with E-state index >= 15 is 0 Å². The van der Waals surface area contributed by atoms with Crippen LogP contribution in [0.1, 0.15) is 19.8 Å². The van der Waals surface area contributed by atoms with Crippen molar-refractivity contribution >= 4 is 17.5 Å². The summed E-state index contributed by atoms with van der Waals surface area (Å²) in [5.74, 6) is 0.692. The average molecular weight is 331 g/mol. The van der Waals surface area contributed by atoms with Crippen LogP contribution in [-0.4, -0.2) is 35.9 Å². The first-order valence-corrected chi connectivity index (χ1v) is 8.04. The predicted octanol–water partition coefficient (Wildman–Crippen LogP) is 3.00. The highest BCUT2D eigenvalue weighted by Gasteiger charge is 2.28. The van der Waals surface area contributed by atoms with E-state index in [9.17, 15) is 9.18 Å². The number of carbonyl (C=O) groups excluding carboxylic acids is 1. The van der Waals surface area contributed by atoms with Crippen LogP contribution in [0.4, 0.5) is 20.7 Å². The summed E-state index contributed by atoms with van der Waals surface area (Å²) in [6.45, 7) is 2.00. The molecule has 1 saturated carbocycles. The molecule has 0 aliphatic heterocycles. The zero-order valence-electron chi connectivity index (χ0n) is 14.1. The molecule has 1 aromatic heterocycles. The first-order chi connectivity index (χ1) is 11.4. The minimum Gasteiger partial charge on any atom is -0.375 e. The summed E-state index contributed by atoms with van der Waals surface area (Å²) >= 11 is 0. The van der Waals surface area contributed by atoms with Crippen LogP contribution in [-0.2, 0) is 0 Å². The molecule has 1 heterocycles. The number of anilines is 2. The lowest BCUT2D eigenvalue weighted by Crippen LogP contribution is -2.37. The highest BCUT2D eigenvalue weighted by Crippen LogP contribution is 2.32. The number of carbonyl (C=O) groups is 1. The quantitative estimate of drug-likeness (QED) is 0.885. The lowest BCUT2D eigenvalue weighted by atomic mass is 10.2. The van der Waals surface area contributed by atoms with Gasteiger partial charge in [0, 0.05) is 38.5 Å². The largest absolute Gasteiger partial charge is 0.375 e. The van der Waals surface area contributed by atoms with E-state index in [-0.39, 0.29) is 17.9 Å². The summed E-state index contributed by atoms with van der Waals surface area (Å²) in [5.41, 5.74) is 1.11. The zero-order valence-corrected chi connectivity index (χ0v) is 14.1. The van der Waals surface area contributed by atoms with Crippen molar-refractivity contribution in [2.24, 2.45) is 5.92 Å². The van der Waals surface area contributed by atoms with E-state index in [4.69, 9.17) is 0 Å². The molecule has 3 rings (SSSR count). The number of benzene rings is 1. The van der Waals surface area contributed by atoms with E-state index in [1.54, 1.807) is 43.4 Å². The van der Waals surface area contributed by atoms with Gasteiger partial charge in [-0.15, -0.1) is 5.10 Å². The number of nitrogens with one attached hydrogen (secondary N) is 2. The summed E-state index contributed by atoms with van der Waals surface area (Å²) in [6.07, 6.45) is 4.03. The molecule has 1 atom stereocenters. The van der Waals surface area contributed by atoms with Crippen LogP contribution in [0, 0.1) is 11.7 Å². The SMILES string of the molecule is C[C@H](NC(=O)Nc1ccn(-c2ccc(N(C)C)c(F)c2)n1)C1CC1. The predicted molar refractivity (Wildman–Crippen MR) is 92.2 cm³/mol. The van der Waals surface area contributed by atoms with Gasteiger partial charge < -0.3 is 10.2 Å². The lowest BCUT2D eigenvalue weighted by Gasteiger charge is -2.14. The Kier molecular flexibility index (Phi) is 4.42. The number of hydrogen-bond donors (Lipinski definition) is 2. The van der Waals surface area contributed by atoms with Crippen molar-refractivity contribution in [2.75, 3.05) is 24.3 Å². The maximum absolute atomic E-state index is 14.1. The minimum atomic E-state index is -0.321. The van der Waals surface area contributed by atoms with Gasteiger partial charge in [-0.3, -0.25) is 5.32 Å². The Morgan fingerprint density at radius 2 is 2.12 bits per heavy atom. The van der Waals surface area contributed by atoms with Gasteiger partial charge in [0.25, 0.3) is 0 Å². The highest BCUT2D eigenvalue weighted by molar-refractivity contribution is 5.88. The van der Waals surface area contributed by atoms with E-state index < -0.39 is 0 Å². The third-order valence-corrected chi connectivity index (χ3v) is 4.20. The van der Waals surface area contributed by atoms with Gasteiger partial charge in [-0.25, -0.2) is 13.9 Å². The summed E-state index contributed by atoms with van der Waals surface area (Å²) in [4.78, 5) is 13.6. The second-order valence-electron chi connectivity index (χ2n) is 6.40. The maximum Gasteiger partial charge on any atom is 0.320 e. The first-order valence-electron chi connectivity index (χ1n) is 8.04. The molecule has 0 radical (unpaired) electrons. The molecular formula is C17H22FN5O. The third-order valence-electron chi connectivity index (χ3n) is 4.20. The monoisotopic (exact) mass is 331 g/mol. The Hall–Kier alpha value is -2.57. The molecule has 2 aromatic rings. The second kappa shape index (κ2) is 6.51. The topological polar surface area (TPSA) is 62.2 Å². The van der Waals surface area contributed by atoms with Gasteiger partial charge in [0.15, 0.2) is 5.82 Å². The van der Waals surface area contributed by atoms with Crippen molar-refractivity contribution in [3.63, 3.8) is 0 Å². The first kappa shape index (κ1) is 16.3. The minimum absolute atomic E-state index is 0.166. The number of hydrogen-bond acceptors (Lipinski definition) is 3. The Balaban J connectivity index is 1.66. The number of rotatable bonds is 5. The van der Waals surface area contributed by atoms with Crippen LogP contribution < -0.4 is 15.5 Å². The molecule has 0 unspecified atom stereocenters. The summed E-state index contributed by atoms with van der Waals surface area (Å²) < 4.78 is 15.6. The lowest BCUT2D eigenvalue weighted by molar-refractivity contribution is 0.248. The van der Waals surface area contributed by atoms with E-state index in [1.165, 1.54) is 23.6 Å². The zero-order chi connectivity index (χ0) is 17.3. The number of aromatic nitrogens is 2. The Morgan fingerprint density at radius 3 is 2.75 bits per heavy atom. The van der Waals surface area contributed by atoms with Gasteiger partial charge in [0.2, 0.25) is 0 Å². The van der Waals surface area contributed by atoms with Crippen LogP contribution in [0.15, 0.2) is 30.5 Å². The molecule has 24 heavy (non-hydrogen) atoms. The number of halogens is 1. The van der Waals surface area contributed by atoms with Crippen LogP contribution >= 0.6 is 0 Å². The van der Waals surface area contributed by atoms with Gasteiger partial charge in [-0.2, -0.15) is 0 Å². The van der Waals surface area contributed by atoms with Gasteiger partial charge >= 0.3 is 6.03 Å². The van der Waals surface area contributed by atoms with E-state index in [2.05, 4.69) is 15.7 Å². The van der Waals surface area contributed by atoms with Crippen molar-refractivity contribution in [1.29, 1.82) is 0 Å². The van der Waals surface area contributed by atoms with Gasteiger partial charge in [-0.1, -0.05) is 0 Å². The van der Waals surface area contributed by atoms with Crippen molar-refractivity contribution in [2.45, 2.75) is 25.8 Å². The molecule has 1 aliphatic rings. The van der Waals surface area contributed by atoms with Crippen LogP contribution in [0.25, 0.3) is 5.69 Å². The summed E-state index contributed by atoms with van der Waals surface area (Å²) in [7, 11) is 3.57. The maximum atomic E-state index is 14.1. The molecule has 7 heteroatoms. The fraction of sp³-hybridized carbons (Fsp3) is 0.412. The number of nitrogens with zero attached hydrogens (tertiary/aromatic N) is 3. The molecule has 1 aromatic carbocycles. The molecular weight excluding hydrogens is 309 g/mol. The van der Waals surface area contributed by atoms with E-state index in [1.807, 2.05) is 6.92 Å². The molecule has 1 fully saturated rings. The number of urea groups is 1.